The van der Waals surface area contributed by atoms with Gasteiger partial charge in [-0.2, -0.15) is 36.9 Å². The number of carbonyl (C=O) groups excluding carboxylic acids is 2. The molecule has 3 aliphatic heterocycles. The second-order valence-electron chi connectivity index (χ2n) is 22.8. The second-order valence-corrected chi connectivity index (χ2v) is 22.8. The number of halogens is 6. The summed E-state index contributed by atoms with van der Waals surface area (Å²) in [5, 5.41) is 23.4. The smallest absolute Gasteiger partial charge is 0.382 e. The highest BCUT2D eigenvalue weighted by molar-refractivity contribution is 5.82. The zero-order chi connectivity index (χ0) is 61.0. The molecule has 456 valence electrons. The number of aromatic nitrogens is 2. The number of alkyl halides is 6. The SMILES string of the molecule is C1CCOC1.Cc1ccc2nc(N3CCN(C(=O)COC4CCC(N(C)c5ccc(C#N)c(C(F)(F)F)c5)CC4)CC3)ccc2c1.Cc1ccc2nc(N3CCN(C(=O)COC4CCC(Nc5ccc(C#N)c(C(F)(F)F)c5)CC4)CC3)ccc2c1. The van der Waals surface area contributed by atoms with Gasteiger partial charge in [0, 0.05) is 107 Å². The minimum Gasteiger partial charge on any atom is -0.382 e. The molecule has 0 radical (unpaired) electrons. The zero-order valence-corrected chi connectivity index (χ0v) is 48.9. The van der Waals surface area contributed by atoms with Gasteiger partial charge < -0.3 is 44.0 Å². The highest BCUT2D eigenvalue weighted by Crippen LogP contribution is 2.37. The van der Waals surface area contributed by atoms with Crippen molar-refractivity contribution < 1.29 is 50.1 Å². The first-order chi connectivity index (χ1) is 41.3. The standard InChI is InChI=1S/C31H34F3N5O2.C30H32F3N5O2.C4H8O/c1-21-3-11-28-22(17-21)5-12-29(36-28)38-13-15-39(16-14-38)30(40)20-41-26-9-7-24(8-10-26)37(2)25-6-4-23(19-35)27(18-25)31(32,33)34;1-20-2-10-27-21(16-20)4-11-28(36-27)37-12-14-38(15-13-37)29(39)19-40-25-8-6-23(7-9-25)35-24-5-3-22(18-34)26(17-24)30(31,32)33;1-2-4-5-3-1/h3-6,11-12,17-18,24,26H,7-10,13-16,20H2,1-2H3;2-5,10-11,16-17,23,25,35H,6-9,12-15,19H2,1H3;1-4H2. The molecular formula is C65H74F6N10O5. The molecule has 15 nitrogen and oxygen atoms in total. The summed E-state index contributed by atoms with van der Waals surface area (Å²) in [6, 6.07) is 31.5. The van der Waals surface area contributed by atoms with Crippen LogP contribution in [0.4, 0.5) is 49.4 Å². The summed E-state index contributed by atoms with van der Waals surface area (Å²) < 4.78 is 96.8. The van der Waals surface area contributed by atoms with E-state index < -0.39 is 23.5 Å². The van der Waals surface area contributed by atoms with Crippen molar-refractivity contribution in [3.05, 3.63) is 130 Å². The van der Waals surface area contributed by atoms with E-state index >= 15 is 0 Å². The van der Waals surface area contributed by atoms with Crippen LogP contribution in [0, 0.1) is 36.5 Å². The molecule has 2 saturated carbocycles. The molecule has 5 aliphatic rings. The Balaban J connectivity index is 0.000000190. The van der Waals surface area contributed by atoms with Gasteiger partial charge in [0.25, 0.3) is 0 Å². The number of rotatable bonds is 12. The largest absolute Gasteiger partial charge is 0.417 e. The van der Waals surface area contributed by atoms with Crippen LogP contribution in [0.3, 0.4) is 0 Å². The van der Waals surface area contributed by atoms with Gasteiger partial charge in [0.05, 0.1) is 57.6 Å². The van der Waals surface area contributed by atoms with E-state index in [1.807, 2.05) is 39.0 Å². The molecule has 21 heteroatoms. The Morgan fingerprint density at radius 2 is 1.05 bits per heavy atom. The molecule has 0 unspecified atom stereocenters. The highest BCUT2D eigenvalue weighted by Gasteiger charge is 2.36. The predicted molar refractivity (Wildman–Crippen MR) is 319 cm³/mol. The van der Waals surface area contributed by atoms with Crippen LogP contribution in [0.2, 0.25) is 0 Å². The number of aryl methyl sites for hydroxylation is 2. The average Bonchev–Trinajstić information content (AvgIpc) is 2.44. The van der Waals surface area contributed by atoms with Gasteiger partial charge in [-0.25, -0.2) is 9.97 Å². The van der Waals surface area contributed by atoms with Crippen LogP contribution in [0.1, 0.15) is 97.6 Å². The van der Waals surface area contributed by atoms with Crippen molar-refractivity contribution in [1.29, 1.82) is 10.5 Å². The number of pyridine rings is 2. The minimum atomic E-state index is -4.58. The number of hydrogen-bond donors (Lipinski definition) is 1. The molecule has 0 bridgehead atoms. The van der Waals surface area contributed by atoms with E-state index in [-0.39, 0.29) is 60.4 Å². The number of fused-ring (bicyclic) bond motifs is 2. The normalized spacial score (nSPS) is 20.0. The zero-order valence-electron chi connectivity index (χ0n) is 48.9. The van der Waals surface area contributed by atoms with Crippen LogP contribution in [-0.2, 0) is 36.2 Å². The summed E-state index contributed by atoms with van der Waals surface area (Å²) in [4.78, 5) is 45.2. The van der Waals surface area contributed by atoms with Crippen LogP contribution in [0.5, 0.6) is 0 Å². The lowest BCUT2D eigenvalue weighted by Gasteiger charge is -2.37. The van der Waals surface area contributed by atoms with Crippen molar-refractivity contribution in [2.75, 3.05) is 106 Å². The maximum absolute atomic E-state index is 13.4. The third-order valence-electron chi connectivity index (χ3n) is 16.8. The fourth-order valence-electron chi connectivity index (χ4n) is 11.7. The molecule has 1 N–H and O–H groups in total. The number of amides is 2. The second kappa shape index (κ2) is 28.7. The van der Waals surface area contributed by atoms with Crippen molar-refractivity contribution in [3.63, 3.8) is 0 Å². The third-order valence-corrected chi connectivity index (χ3v) is 16.8. The quantitative estimate of drug-likeness (QED) is 0.115. The Labute approximate surface area is 498 Å². The molecular weight excluding hydrogens is 1110 g/mol. The Hall–Kier alpha value is -7.72. The van der Waals surface area contributed by atoms with E-state index in [2.05, 4.69) is 65.4 Å². The molecule has 0 spiro atoms. The van der Waals surface area contributed by atoms with Crippen LogP contribution < -0.4 is 20.0 Å². The lowest BCUT2D eigenvalue weighted by atomic mass is 9.91. The minimum absolute atomic E-state index is 0.00499. The van der Waals surface area contributed by atoms with Crippen molar-refractivity contribution in [1.82, 2.24) is 19.8 Å². The number of piperazine rings is 2. The first-order valence-electron chi connectivity index (χ1n) is 29.6. The Morgan fingerprint density at radius 1 is 0.593 bits per heavy atom. The number of carbonyl (C=O) groups is 2. The van der Waals surface area contributed by atoms with E-state index in [1.165, 1.54) is 42.2 Å². The monoisotopic (exact) mass is 1190 g/mol. The molecule has 3 saturated heterocycles. The summed E-state index contributed by atoms with van der Waals surface area (Å²) in [6.07, 6.45) is -0.906. The number of nitrogens with zero attached hydrogens (tertiary/aromatic N) is 9. The lowest BCUT2D eigenvalue weighted by Crippen LogP contribution is -2.50. The van der Waals surface area contributed by atoms with Gasteiger partial charge in [-0.1, -0.05) is 23.3 Å². The van der Waals surface area contributed by atoms with Crippen LogP contribution >= 0.6 is 0 Å². The van der Waals surface area contributed by atoms with Gasteiger partial charge >= 0.3 is 12.4 Å². The maximum atomic E-state index is 13.4. The number of nitriles is 2. The molecule has 2 amide bonds. The van der Waals surface area contributed by atoms with E-state index in [0.29, 0.717) is 76.6 Å². The van der Waals surface area contributed by atoms with Crippen molar-refractivity contribution in [3.8, 4) is 12.1 Å². The highest BCUT2D eigenvalue weighted by atomic mass is 19.4. The van der Waals surface area contributed by atoms with E-state index in [1.54, 1.807) is 25.3 Å². The average molecular weight is 1190 g/mol. The molecule has 2 aromatic heterocycles. The van der Waals surface area contributed by atoms with Gasteiger partial charge in [0.1, 0.15) is 24.8 Å². The number of benzene rings is 4. The summed E-state index contributed by atoms with van der Waals surface area (Å²) in [6.45, 7) is 11.4. The van der Waals surface area contributed by atoms with Gasteiger partial charge in [0.2, 0.25) is 11.8 Å². The molecule has 5 fully saturated rings. The topological polar surface area (TPSA) is 163 Å². The van der Waals surface area contributed by atoms with Crippen molar-refractivity contribution in [2.24, 2.45) is 0 Å². The van der Waals surface area contributed by atoms with E-state index in [4.69, 9.17) is 34.7 Å². The van der Waals surface area contributed by atoms with Crippen molar-refractivity contribution in [2.45, 2.75) is 115 Å². The van der Waals surface area contributed by atoms with Crippen LogP contribution in [0.25, 0.3) is 21.8 Å². The van der Waals surface area contributed by atoms with Gasteiger partial charge in [-0.05, 0) is 163 Å². The summed E-state index contributed by atoms with van der Waals surface area (Å²) in [5.74, 6) is 1.78. The van der Waals surface area contributed by atoms with Crippen LogP contribution in [-0.4, -0.2) is 142 Å². The fraction of sp³-hybridized carbons (Fsp3) is 0.477. The van der Waals surface area contributed by atoms with Crippen molar-refractivity contribution >= 4 is 56.6 Å². The Kier molecular flexibility index (Phi) is 20.9. The molecule has 86 heavy (non-hydrogen) atoms. The van der Waals surface area contributed by atoms with E-state index in [9.17, 15) is 35.9 Å². The van der Waals surface area contributed by atoms with E-state index in [0.717, 1.165) is 97.3 Å². The Morgan fingerprint density at radius 3 is 1.49 bits per heavy atom. The summed E-state index contributed by atoms with van der Waals surface area (Å²) in [5.41, 5.74) is 2.50. The predicted octanol–water partition coefficient (Wildman–Crippen LogP) is 11.9. The Bertz CT molecular complexity index is 3360. The number of anilines is 4. The maximum Gasteiger partial charge on any atom is 0.417 e. The van der Waals surface area contributed by atoms with Crippen LogP contribution in [0.15, 0.2) is 97.1 Å². The van der Waals surface area contributed by atoms with Gasteiger partial charge in [-0.3, -0.25) is 9.59 Å². The fourth-order valence-corrected chi connectivity index (χ4v) is 11.7. The molecule has 6 aromatic rings. The number of hydrogen-bond acceptors (Lipinski definition) is 13. The third kappa shape index (κ3) is 16.6. The molecule has 4 aromatic carbocycles. The number of ether oxygens (including phenoxy) is 3. The first kappa shape index (κ1) is 62.8. The number of nitrogens with one attached hydrogen (secondary N) is 1. The molecule has 0 atom stereocenters. The van der Waals surface area contributed by atoms with Gasteiger partial charge in [-0.15, -0.1) is 0 Å². The summed E-state index contributed by atoms with van der Waals surface area (Å²) in [7, 11) is 1.78. The molecule has 5 heterocycles. The van der Waals surface area contributed by atoms with Gasteiger partial charge in [0.15, 0.2) is 0 Å². The molecule has 11 rings (SSSR count). The lowest BCUT2D eigenvalue weighted by molar-refractivity contribution is -0.139. The molecule has 2 aliphatic carbocycles. The first-order valence-corrected chi connectivity index (χ1v) is 29.6. The summed E-state index contributed by atoms with van der Waals surface area (Å²) >= 11 is 0.